The van der Waals surface area contributed by atoms with E-state index < -0.39 is 5.91 Å². The molecule has 0 bridgehead atoms. The molecule has 0 radical (unpaired) electrons. The SMILES string of the molecule is Cn1c2c(c3ccccc31)CN(C(=O)NCc1ccc(C(=O)NO)cc1)CC2. The van der Waals surface area contributed by atoms with Crippen LogP contribution >= 0.6 is 0 Å². The number of nitrogens with one attached hydrogen (secondary N) is 2. The zero-order chi connectivity index (χ0) is 19.7. The van der Waals surface area contributed by atoms with Crippen molar-refractivity contribution >= 4 is 22.8 Å². The molecule has 0 unspecified atom stereocenters. The molecule has 0 fully saturated rings. The van der Waals surface area contributed by atoms with Gasteiger partial charge in [-0.2, -0.15) is 0 Å². The van der Waals surface area contributed by atoms with Gasteiger partial charge in [0.2, 0.25) is 0 Å². The van der Waals surface area contributed by atoms with Crippen LogP contribution in [-0.4, -0.2) is 33.2 Å². The van der Waals surface area contributed by atoms with Gasteiger partial charge in [0.25, 0.3) is 5.91 Å². The third-order valence-corrected chi connectivity index (χ3v) is 5.36. The maximum atomic E-state index is 12.7. The fourth-order valence-electron chi connectivity index (χ4n) is 3.83. The van der Waals surface area contributed by atoms with Crippen LogP contribution in [0.2, 0.25) is 0 Å². The van der Waals surface area contributed by atoms with Gasteiger partial charge in [-0.15, -0.1) is 0 Å². The third-order valence-electron chi connectivity index (χ3n) is 5.36. The Morgan fingerprint density at radius 2 is 1.86 bits per heavy atom. The lowest BCUT2D eigenvalue weighted by Gasteiger charge is -2.28. The van der Waals surface area contributed by atoms with E-state index in [2.05, 4.69) is 29.1 Å². The second-order valence-electron chi connectivity index (χ2n) is 6.97. The Bertz CT molecular complexity index is 1040. The van der Waals surface area contributed by atoms with Crippen molar-refractivity contribution in [3.8, 4) is 0 Å². The summed E-state index contributed by atoms with van der Waals surface area (Å²) in [5.41, 5.74) is 6.55. The average molecular weight is 378 g/mol. The fraction of sp³-hybridized carbons (Fsp3) is 0.238. The van der Waals surface area contributed by atoms with Crippen LogP contribution in [0.25, 0.3) is 10.9 Å². The van der Waals surface area contributed by atoms with E-state index in [1.807, 2.05) is 17.0 Å². The van der Waals surface area contributed by atoms with E-state index in [-0.39, 0.29) is 6.03 Å². The van der Waals surface area contributed by atoms with Crippen molar-refractivity contribution in [2.75, 3.05) is 6.54 Å². The molecule has 0 saturated heterocycles. The summed E-state index contributed by atoms with van der Waals surface area (Å²) in [7, 11) is 2.08. The number of hydroxylamine groups is 1. The van der Waals surface area contributed by atoms with Crippen LogP contribution in [-0.2, 0) is 26.6 Å². The van der Waals surface area contributed by atoms with Crippen molar-refractivity contribution in [1.82, 2.24) is 20.3 Å². The Balaban J connectivity index is 1.43. The summed E-state index contributed by atoms with van der Waals surface area (Å²) in [6.07, 6.45) is 0.832. The highest BCUT2D eigenvalue weighted by Crippen LogP contribution is 2.29. The number of amides is 3. The molecular formula is C21H22N4O3. The Labute approximate surface area is 162 Å². The molecule has 2 heterocycles. The highest BCUT2D eigenvalue weighted by molar-refractivity contribution is 5.93. The molecule has 1 aliphatic rings. The molecule has 7 heteroatoms. The molecule has 28 heavy (non-hydrogen) atoms. The number of urea groups is 1. The number of aryl methyl sites for hydroxylation is 1. The van der Waals surface area contributed by atoms with Crippen molar-refractivity contribution in [1.29, 1.82) is 0 Å². The number of nitrogens with zero attached hydrogens (tertiary/aromatic N) is 2. The maximum Gasteiger partial charge on any atom is 0.317 e. The minimum Gasteiger partial charge on any atom is -0.347 e. The van der Waals surface area contributed by atoms with Crippen LogP contribution in [0.5, 0.6) is 0 Å². The fourth-order valence-corrected chi connectivity index (χ4v) is 3.83. The van der Waals surface area contributed by atoms with Crippen molar-refractivity contribution in [2.45, 2.75) is 19.5 Å². The third kappa shape index (κ3) is 3.20. The van der Waals surface area contributed by atoms with Crippen LogP contribution in [0.15, 0.2) is 48.5 Å². The van der Waals surface area contributed by atoms with Gasteiger partial charge in [-0.1, -0.05) is 30.3 Å². The molecular weight excluding hydrogens is 356 g/mol. The smallest absolute Gasteiger partial charge is 0.317 e. The molecule has 1 aromatic heterocycles. The first-order valence-corrected chi connectivity index (χ1v) is 9.20. The molecule has 2 aromatic carbocycles. The Hall–Kier alpha value is -3.32. The predicted molar refractivity (Wildman–Crippen MR) is 105 cm³/mol. The van der Waals surface area contributed by atoms with E-state index in [9.17, 15) is 9.59 Å². The largest absolute Gasteiger partial charge is 0.347 e. The highest BCUT2D eigenvalue weighted by Gasteiger charge is 2.25. The van der Waals surface area contributed by atoms with E-state index in [1.165, 1.54) is 22.2 Å². The number of carbonyl (C=O) groups is 2. The average Bonchev–Trinajstić information content (AvgIpc) is 3.04. The number of fused-ring (bicyclic) bond motifs is 3. The standard InChI is InChI=1S/C21H22N4O3/c1-24-18-5-3-2-4-16(18)17-13-25(11-10-19(17)24)21(27)22-12-14-6-8-15(9-7-14)20(26)23-28/h2-9,28H,10-13H2,1H3,(H,22,27)(H,23,26). The molecule has 3 aromatic rings. The molecule has 0 spiro atoms. The number of para-hydroxylation sites is 1. The number of hydrogen-bond acceptors (Lipinski definition) is 3. The molecule has 144 valence electrons. The normalized spacial score (nSPS) is 13.3. The van der Waals surface area contributed by atoms with E-state index in [0.29, 0.717) is 25.2 Å². The second kappa shape index (κ2) is 7.36. The number of benzene rings is 2. The first-order valence-electron chi connectivity index (χ1n) is 9.20. The lowest BCUT2D eigenvalue weighted by atomic mass is 10.0. The van der Waals surface area contributed by atoms with E-state index in [4.69, 9.17) is 5.21 Å². The summed E-state index contributed by atoms with van der Waals surface area (Å²) in [6, 6.07) is 14.9. The summed E-state index contributed by atoms with van der Waals surface area (Å²) in [5, 5.41) is 12.8. The van der Waals surface area contributed by atoms with Gasteiger partial charge in [0.15, 0.2) is 0 Å². The van der Waals surface area contributed by atoms with Crippen LogP contribution in [0.1, 0.15) is 27.2 Å². The monoisotopic (exact) mass is 378 g/mol. The topological polar surface area (TPSA) is 86.6 Å². The molecule has 0 saturated carbocycles. The number of carbonyl (C=O) groups excluding carboxylic acids is 2. The van der Waals surface area contributed by atoms with Gasteiger partial charge in [-0.3, -0.25) is 10.0 Å². The van der Waals surface area contributed by atoms with Gasteiger partial charge in [0.05, 0.1) is 0 Å². The van der Waals surface area contributed by atoms with E-state index in [1.54, 1.807) is 29.7 Å². The summed E-state index contributed by atoms with van der Waals surface area (Å²) in [5.74, 6) is -0.560. The number of aromatic nitrogens is 1. The molecule has 4 rings (SSSR count). The van der Waals surface area contributed by atoms with E-state index in [0.717, 1.165) is 12.0 Å². The van der Waals surface area contributed by atoms with Gasteiger partial charge < -0.3 is 14.8 Å². The second-order valence-corrected chi connectivity index (χ2v) is 6.97. The molecule has 1 aliphatic heterocycles. The van der Waals surface area contributed by atoms with Crippen molar-refractivity contribution in [3.63, 3.8) is 0 Å². The van der Waals surface area contributed by atoms with Crippen LogP contribution in [0.3, 0.4) is 0 Å². The quantitative estimate of drug-likeness (QED) is 0.484. The minimum absolute atomic E-state index is 0.101. The van der Waals surface area contributed by atoms with Crippen molar-refractivity contribution < 1.29 is 14.8 Å². The van der Waals surface area contributed by atoms with Gasteiger partial charge in [0, 0.05) is 60.8 Å². The summed E-state index contributed by atoms with van der Waals surface area (Å²) in [6.45, 7) is 1.65. The highest BCUT2D eigenvalue weighted by atomic mass is 16.5. The lowest BCUT2D eigenvalue weighted by molar-refractivity contribution is 0.0706. The summed E-state index contributed by atoms with van der Waals surface area (Å²) >= 11 is 0. The van der Waals surface area contributed by atoms with Crippen molar-refractivity contribution in [3.05, 3.63) is 70.9 Å². The lowest BCUT2D eigenvalue weighted by Crippen LogP contribution is -2.42. The summed E-state index contributed by atoms with van der Waals surface area (Å²) < 4.78 is 2.23. The van der Waals surface area contributed by atoms with Gasteiger partial charge in [-0.25, -0.2) is 10.3 Å². The van der Waals surface area contributed by atoms with Gasteiger partial charge in [0.1, 0.15) is 0 Å². The Morgan fingerprint density at radius 1 is 1.11 bits per heavy atom. The zero-order valence-corrected chi connectivity index (χ0v) is 15.6. The molecule has 0 atom stereocenters. The van der Waals surface area contributed by atoms with E-state index >= 15 is 0 Å². The predicted octanol–water partition coefficient (Wildman–Crippen LogP) is 2.57. The first-order chi connectivity index (χ1) is 13.6. The molecule has 0 aliphatic carbocycles. The number of hydrogen-bond donors (Lipinski definition) is 3. The molecule has 7 nitrogen and oxygen atoms in total. The van der Waals surface area contributed by atoms with Gasteiger partial charge >= 0.3 is 6.03 Å². The minimum atomic E-state index is -0.560. The Morgan fingerprint density at radius 3 is 2.61 bits per heavy atom. The molecule has 3 amide bonds. The molecule has 3 N–H and O–H groups in total. The van der Waals surface area contributed by atoms with Crippen molar-refractivity contribution in [2.24, 2.45) is 7.05 Å². The van der Waals surface area contributed by atoms with Gasteiger partial charge in [-0.05, 0) is 23.8 Å². The zero-order valence-electron chi connectivity index (χ0n) is 15.6. The maximum absolute atomic E-state index is 12.7. The Kier molecular flexibility index (Phi) is 4.75. The van der Waals surface area contributed by atoms with Crippen LogP contribution in [0.4, 0.5) is 4.79 Å². The number of rotatable bonds is 3. The van der Waals surface area contributed by atoms with Crippen LogP contribution < -0.4 is 10.8 Å². The first kappa shape index (κ1) is 18.1. The summed E-state index contributed by atoms with van der Waals surface area (Å²) in [4.78, 5) is 25.8. The van der Waals surface area contributed by atoms with Crippen LogP contribution in [0, 0.1) is 0 Å².